The minimum atomic E-state index is -3.29. The van der Waals surface area contributed by atoms with Gasteiger partial charge in [0, 0.05) is 25.6 Å². The van der Waals surface area contributed by atoms with Crippen LogP contribution in [-0.2, 0) is 9.84 Å². The fraction of sp³-hybridized carbons (Fsp3) is 0.273. The minimum Gasteiger partial charge on any atom is -0.371 e. The maximum absolute atomic E-state index is 11.3. The van der Waals surface area contributed by atoms with Gasteiger partial charge >= 0.3 is 0 Å². The highest BCUT2D eigenvalue weighted by Crippen LogP contribution is 2.16. The average molecular weight is 317 g/mol. The molecule has 0 bridgehead atoms. The Morgan fingerprint density at radius 3 is 2.75 bits per heavy atom. The molecule has 1 unspecified atom stereocenters. The summed E-state index contributed by atoms with van der Waals surface area (Å²) in [7, 11) is -1.69. The van der Waals surface area contributed by atoms with Gasteiger partial charge in [-0.3, -0.25) is 0 Å². The zero-order valence-corrected chi connectivity index (χ0v) is 12.4. The molecule has 2 heterocycles. The first-order valence-electron chi connectivity index (χ1n) is 5.57. The summed E-state index contributed by atoms with van der Waals surface area (Å²) in [5, 5.41) is 11.6. The van der Waals surface area contributed by atoms with E-state index in [2.05, 4.69) is 15.4 Å². The second kappa shape index (κ2) is 5.49. The van der Waals surface area contributed by atoms with Crippen molar-refractivity contribution in [1.82, 2.24) is 15.4 Å². The fourth-order valence-corrected chi connectivity index (χ4v) is 2.35. The smallest absolute Gasteiger partial charge is 0.177 e. The van der Waals surface area contributed by atoms with Gasteiger partial charge in [-0.25, -0.2) is 18.4 Å². The van der Waals surface area contributed by atoms with Gasteiger partial charge < -0.3 is 10.5 Å². The maximum atomic E-state index is 11.3. The van der Waals surface area contributed by atoms with E-state index in [9.17, 15) is 13.5 Å². The Balaban J connectivity index is 2.33. The molecule has 1 aromatic heterocycles. The standard InChI is InChI=1S/C11H13ClN4O3S/c1-16-11(17)8(5-9(12)15-16)14-10-4-3-7(6-13-10)20(2,18)19/h3-6,11,15,17H,1-2H3. The number of aromatic nitrogens is 1. The van der Waals surface area contributed by atoms with E-state index < -0.39 is 16.1 Å². The maximum Gasteiger partial charge on any atom is 0.177 e. The molecule has 1 aliphatic rings. The number of hydrogen-bond acceptors (Lipinski definition) is 7. The summed E-state index contributed by atoms with van der Waals surface area (Å²) in [6.45, 7) is 0. The van der Waals surface area contributed by atoms with E-state index in [0.717, 1.165) is 6.26 Å². The Bertz CT molecular complexity index is 669. The quantitative estimate of drug-likeness (QED) is 0.767. The Labute approximate surface area is 121 Å². The van der Waals surface area contributed by atoms with Crippen LogP contribution in [0.2, 0.25) is 0 Å². The predicted octanol–water partition coefficient (Wildman–Crippen LogP) is 0.406. The van der Waals surface area contributed by atoms with E-state index in [1.54, 1.807) is 7.05 Å². The van der Waals surface area contributed by atoms with Crippen LogP contribution in [0.3, 0.4) is 0 Å². The molecular formula is C11H13ClN4O3S. The topological polar surface area (TPSA) is 94.9 Å². The lowest BCUT2D eigenvalue weighted by atomic mass is 10.3. The van der Waals surface area contributed by atoms with Crippen molar-refractivity contribution in [2.45, 2.75) is 11.1 Å². The van der Waals surface area contributed by atoms with Crippen molar-refractivity contribution in [1.29, 1.82) is 0 Å². The van der Waals surface area contributed by atoms with Crippen LogP contribution in [0.5, 0.6) is 0 Å². The van der Waals surface area contributed by atoms with Gasteiger partial charge in [0.1, 0.15) is 5.16 Å². The first kappa shape index (κ1) is 14.9. The van der Waals surface area contributed by atoms with Crippen LogP contribution in [0, 0.1) is 0 Å². The first-order chi connectivity index (χ1) is 9.27. The zero-order chi connectivity index (χ0) is 14.9. The third-order valence-electron chi connectivity index (χ3n) is 2.58. The fourth-order valence-electron chi connectivity index (χ4n) is 1.54. The van der Waals surface area contributed by atoms with E-state index >= 15 is 0 Å². The number of nitrogens with one attached hydrogen (secondary N) is 1. The summed E-state index contributed by atoms with van der Waals surface area (Å²) in [6, 6.07) is 2.87. The van der Waals surface area contributed by atoms with Crippen LogP contribution < -0.4 is 5.43 Å². The highest BCUT2D eigenvalue weighted by molar-refractivity contribution is 7.90. The second-order valence-corrected chi connectivity index (χ2v) is 6.67. The summed E-state index contributed by atoms with van der Waals surface area (Å²) in [5.41, 5.74) is 3.00. The number of rotatable bonds is 2. The molecular weight excluding hydrogens is 304 g/mol. The van der Waals surface area contributed by atoms with E-state index in [1.165, 1.54) is 29.4 Å². The molecule has 0 aromatic carbocycles. The highest BCUT2D eigenvalue weighted by Gasteiger charge is 2.22. The minimum absolute atomic E-state index is 0.109. The molecule has 0 aliphatic carbocycles. The summed E-state index contributed by atoms with van der Waals surface area (Å²) >= 11 is 5.84. The third-order valence-corrected chi connectivity index (χ3v) is 3.87. The summed E-state index contributed by atoms with van der Waals surface area (Å²) in [5.74, 6) is 0.280. The normalized spacial score (nSPS) is 22.5. The van der Waals surface area contributed by atoms with Crippen molar-refractivity contribution in [3.05, 3.63) is 29.6 Å². The molecule has 0 spiro atoms. The molecule has 2 N–H and O–H groups in total. The first-order valence-corrected chi connectivity index (χ1v) is 7.84. The van der Waals surface area contributed by atoms with E-state index in [0.29, 0.717) is 10.9 Å². The Hall–Kier alpha value is -1.48. The molecule has 0 fully saturated rings. The highest BCUT2D eigenvalue weighted by atomic mass is 35.5. The lowest BCUT2D eigenvalue weighted by Crippen LogP contribution is -2.48. The van der Waals surface area contributed by atoms with Crippen LogP contribution in [0.4, 0.5) is 5.82 Å². The molecule has 0 radical (unpaired) electrons. The van der Waals surface area contributed by atoms with Gasteiger partial charge in [-0.15, -0.1) is 0 Å². The molecule has 0 saturated carbocycles. The number of pyridine rings is 1. The molecule has 1 aliphatic heterocycles. The van der Waals surface area contributed by atoms with Crippen molar-refractivity contribution >= 4 is 33.0 Å². The van der Waals surface area contributed by atoms with Crippen LogP contribution in [0.25, 0.3) is 0 Å². The lowest BCUT2D eigenvalue weighted by Gasteiger charge is -2.28. The number of aliphatic hydroxyl groups is 1. The van der Waals surface area contributed by atoms with Crippen LogP contribution in [0.15, 0.2) is 39.4 Å². The predicted molar refractivity (Wildman–Crippen MR) is 75.3 cm³/mol. The SMILES string of the molecule is CN1NC(Cl)=CC(=Nc2ccc(S(C)(=O)=O)cn2)C1O. The number of aliphatic imine (C=N–C) groups is 1. The van der Waals surface area contributed by atoms with Gasteiger partial charge in [0.25, 0.3) is 0 Å². The van der Waals surface area contributed by atoms with E-state index in [-0.39, 0.29) is 10.7 Å². The summed E-state index contributed by atoms with van der Waals surface area (Å²) in [6.07, 6.45) is 2.81. The molecule has 0 amide bonds. The van der Waals surface area contributed by atoms with Crippen molar-refractivity contribution in [2.75, 3.05) is 13.3 Å². The number of aliphatic hydroxyl groups excluding tert-OH is 1. The molecule has 0 saturated heterocycles. The molecule has 7 nitrogen and oxygen atoms in total. The van der Waals surface area contributed by atoms with Crippen molar-refractivity contribution < 1.29 is 13.5 Å². The van der Waals surface area contributed by atoms with Gasteiger partial charge in [0.15, 0.2) is 21.9 Å². The largest absolute Gasteiger partial charge is 0.371 e. The zero-order valence-electron chi connectivity index (χ0n) is 10.8. The Morgan fingerprint density at radius 2 is 2.20 bits per heavy atom. The lowest BCUT2D eigenvalue weighted by molar-refractivity contribution is 0.0481. The van der Waals surface area contributed by atoms with Gasteiger partial charge in [-0.2, -0.15) is 5.01 Å². The van der Waals surface area contributed by atoms with Crippen LogP contribution >= 0.6 is 11.6 Å². The number of halogens is 1. The van der Waals surface area contributed by atoms with Crippen molar-refractivity contribution in [3.63, 3.8) is 0 Å². The number of nitrogens with zero attached hydrogens (tertiary/aromatic N) is 3. The van der Waals surface area contributed by atoms with Gasteiger partial charge in [-0.05, 0) is 12.1 Å². The third kappa shape index (κ3) is 3.34. The molecule has 1 aromatic rings. The van der Waals surface area contributed by atoms with Crippen molar-refractivity contribution in [2.24, 2.45) is 4.99 Å². The van der Waals surface area contributed by atoms with Crippen molar-refractivity contribution in [3.8, 4) is 0 Å². The summed E-state index contributed by atoms with van der Waals surface area (Å²) < 4.78 is 22.6. The summed E-state index contributed by atoms with van der Waals surface area (Å²) in [4.78, 5) is 8.19. The van der Waals surface area contributed by atoms with Crippen LogP contribution in [0.1, 0.15) is 0 Å². The number of hydrogen-bond donors (Lipinski definition) is 2. The molecule has 2 rings (SSSR count). The second-order valence-electron chi connectivity index (χ2n) is 4.25. The van der Waals surface area contributed by atoms with Gasteiger partial charge in [-0.1, -0.05) is 11.6 Å². The average Bonchev–Trinajstić information content (AvgIpc) is 2.35. The monoisotopic (exact) mass is 316 g/mol. The number of sulfone groups is 1. The Morgan fingerprint density at radius 1 is 1.50 bits per heavy atom. The van der Waals surface area contributed by atoms with Crippen LogP contribution in [-0.4, -0.2) is 48.8 Å². The Kier molecular flexibility index (Phi) is 4.09. The van der Waals surface area contributed by atoms with Gasteiger partial charge in [0.05, 0.1) is 10.6 Å². The van der Waals surface area contributed by atoms with Gasteiger partial charge in [0.2, 0.25) is 0 Å². The molecule has 108 valence electrons. The molecule has 9 heteroatoms. The molecule has 20 heavy (non-hydrogen) atoms. The van der Waals surface area contributed by atoms with E-state index in [4.69, 9.17) is 11.6 Å². The number of hydrazine groups is 1. The molecule has 1 atom stereocenters. The van der Waals surface area contributed by atoms with E-state index in [1.807, 2.05) is 0 Å².